The number of hydrogen-bond acceptors (Lipinski definition) is 3. The van der Waals surface area contributed by atoms with Gasteiger partial charge in [-0.1, -0.05) is 51.1 Å². The van der Waals surface area contributed by atoms with Crippen molar-refractivity contribution >= 4 is 11.2 Å². The predicted molar refractivity (Wildman–Crippen MR) is 150 cm³/mol. The van der Waals surface area contributed by atoms with Gasteiger partial charge in [-0.2, -0.15) is 0 Å². The molecular weight excluding hydrogens is 645 g/mol. The van der Waals surface area contributed by atoms with Gasteiger partial charge >= 0.3 is 0 Å². The van der Waals surface area contributed by atoms with E-state index in [9.17, 15) is 0 Å². The Kier molecular flexibility index (Phi) is 8.62. The third-order valence-corrected chi connectivity index (χ3v) is 5.99. The summed E-state index contributed by atoms with van der Waals surface area (Å²) in [5, 5.41) is 0. The van der Waals surface area contributed by atoms with Gasteiger partial charge in [-0.05, 0) is 40.9 Å². The van der Waals surface area contributed by atoms with Crippen molar-refractivity contribution < 1.29 is 20.1 Å². The minimum Gasteiger partial charge on any atom is -0.332 e. The molecule has 191 valence electrons. The topological polar surface area (TPSA) is 43.6 Å². The molecule has 0 bridgehead atoms. The van der Waals surface area contributed by atoms with Gasteiger partial charge in [0, 0.05) is 38.2 Å². The van der Waals surface area contributed by atoms with Crippen molar-refractivity contribution in [2.75, 3.05) is 0 Å². The molecule has 3 aromatic carbocycles. The van der Waals surface area contributed by atoms with E-state index in [1.54, 1.807) is 6.20 Å². The summed E-state index contributed by atoms with van der Waals surface area (Å²) in [4.78, 5) is 13.7. The van der Waals surface area contributed by atoms with Crippen molar-refractivity contribution in [3.05, 3.63) is 133 Å². The van der Waals surface area contributed by atoms with E-state index < -0.39 is 0 Å². The largest absolute Gasteiger partial charge is 0.332 e. The standard InChI is InChI=1S/C22H20N3.C11H8N.Ir/c1-22(2,3)17-14-19-20(23-15-17)24-21(16-10-6-4-7-11-16)25(19)18-12-8-5-9-13-18;1-2-6-10(7-3-1)11-8-4-5-9-12-11;/h4-10,12-15H,1-3H3;1-6,8-9H;/q2*-1;. The van der Waals surface area contributed by atoms with Gasteiger partial charge in [-0.15, -0.1) is 71.8 Å². The Morgan fingerprint density at radius 1 is 0.711 bits per heavy atom. The van der Waals surface area contributed by atoms with Crippen LogP contribution < -0.4 is 0 Å². The Hall–Kier alpha value is -3.92. The molecule has 0 aliphatic rings. The molecule has 0 saturated carbocycles. The Labute approximate surface area is 237 Å². The van der Waals surface area contributed by atoms with Crippen molar-refractivity contribution in [3.8, 4) is 28.3 Å². The second kappa shape index (κ2) is 12.1. The van der Waals surface area contributed by atoms with E-state index in [0.717, 1.165) is 39.5 Å². The SMILES string of the molecule is CC(C)(C)c1cnc2nc(-c3[c-]cccc3)n(-c3ccccc3)c2c1.[Ir].[c-]1ccccc1-c1ccccn1. The molecule has 6 rings (SSSR count). The Morgan fingerprint density at radius 2 is 1.37 bits per heavy atom. The van der Waals surface area contributed by atoms with E-state index in [1.165, 1.54) is 5.56 Å². The second-order valence-electron chi connectivity index (χ2n) is 9.69. The number of para-hydroxylation sites is 1. The van der Waals surface area contributed by atoms with Crippen LogP contribution in [0.2, 0.25) is 0 Å². The number of nitrogens with zero attached hydrogens (tertiary/aromatic N) is 4. The van der Waals surface area contributed by atoms with E-state index in [-0.39, 0.29) is 25.5 Å². The first-order chi connectivity index (χ1) is 18.0. The van der Waals surface area contributed by atoms with Gasteiger partial charge < -0.3 is 9.55 Å². The van der Waals surface area contributed by atoms with Crippen LogP contribution in [0, 0.1) is 12.1 Å². The van der Waals surface area contributed by atoms with Gasteiger partial charge in [0.15, 0.2) is 5.65 Å². The van der Waals surface area contributed by atoms with Crippen molar-refractivity contribution in [1.82, 2.24) is 19.5 Å². The van der Waals surface area contributed by atoms with Crippen molar-refractivity contribution in [2.24, 2.45) is 0 Å². The van der Waals surface area contributed by atoms with Crippen LogP contribution in [0.1, 0.15) is 26.3 Å². The van der Waals surface area contributed by atoms with Gasteiger partial charge in [0.05, 0.1) is 11.3 Å². The Bertz CT molecular complexity index is 1540. The molecule has 4 nitrogen and oxygen atoms in total. The summed E-state index contributed by atoms with van der Waals surface area (Å²) < 4.78 is 2.17. The Morgan fingerprint density at radius 3 is 1.97 bits per heavy atom. The molecule has 5 heteroatoms. The maximum absolute atomic E-state index is 4.80. The quantitative estimate of drug-likeness (QED) is 0.181. The first-order valence-corrected chi connectivity index (χ1v) is 12.3. The van der Waals surface area contributed by atoms with Gasteiger partial charge in [-0.3, -0.25) is 4.98 Å². The summed E-state index contributed by atoms with van der Waals surface area (Å²) >= 11 is 0. The first kappa shape index (κ1) is 27.1. The van der Waals surface area contributed by atoms with Crippen LogP contribution in [0.25, 0.3) is 39.5 Å². The number of imidazole rings is 1. The third-order valence-electron chi connectivity index (χ3n) is 5.99. The number of benzene rings is 3. The van der Waals surface area contributed by atoms with Crippen LogP contribution in [0.5, 0.6) is 0 Å². The summed E-state index contributed by atoms with van der Waals surface area (Å²) in [6, 6.07) is 40.5. The molecule has 1 radical (unpaired) electrons. The average Bonchev–Trinajstić information content (AvgIpc) is 3.34. The molecule has 0 aliphatic heterocycles. The monoisotopic (exact) mass is 673 g/mol. The predicted octanol–water partition coefficient (Wildman–Crippen LogP) is 7.73. The fraction of sp³-hybridized carbons (Fsp3) is 0.121. The number of pyridine rings is 2. The molecule has 0 saturated heterocycles. The number of hydrogen-bond donors (Lipinski definition) is 0. The van der Waals surface area contributed by atoms with Crippen LogP contribution >= 0.6 is 0 Å². The van der Waals surface area contributed by atoms with Crippen LogP contribution in [-0.4, -0.2) is 19.5 Å². The Balaban J connectivity index is 0.000000218. The fourth-order valence-electron chi connectivity index (χ4n) is 4.00. The normalized spacial score (nSPS) is 10.8. The van der Waals surface area contributed by atoms with Gasteiger partial charge in [-0.25, -0.2) is 4.98 Å². The van der Waals surface area contributed by atoms with Crippen LogP contribution in [0.3, 0.4) is 0 Å². The molecule has 0 aliphatic carbocycles. The zero-order valence-corrected chi connectivity index (χ0v) is 24.0. The maximum atomic E-state index is 4.80. The summed E-state index contributed by atoms with van der Waals surface area (Å²) in [5.74, 6) is 0.861. The minimum absolute atomic E-state index is 0. The van der Waals surface area contributed by atoms with Crippen LogP contribution in [0.4, 0.5) is 0 Å². The summed E-state index contributed by atoms with van der Waals surface area (Å²) in [6.45, 7) is 6.60. The van der Waals surface area contributed by atoms with E-state index in [2.05, 4.69) is 65.6 Å². The number of aromatic nitrogens is 4. The van der Waals surface area contributed by atoms with E-state index in [1.807, 2.05) is 91.1 Å². The molecule has 3 heterocycles. The summed E-state index contributed by atoms with van der Waals surface area (Å²) in [7, 11) is 0. The van der Waals surface area contributed by atoms with Crippen molar-refractivity contribution in [1.29, 1.82) is 0 Å². The van der Waals surface area contributed by atoms with E-state index in [4.69, 9.17) is 4.98 Å². The smallest absolute Gasteiger partial charge is 0.168 e. The minimum atomic E-state index is 0. The first-order valence-electron chi connectivity index (χ1n) is 12.3. The van der Waals surface area contributed by atoms with Crippen LogP contribution in [0.15, 0.2) is 116 Å². The molecule has 6 aromatic rings. The van der Waals surface area contributed by atoms with Gasteiger partial charge in [0.2, 0.25) is 0 Å². The van der Waals surface area contributed by atoms with E-state index in [0.29, 0.717) is 0 Å². The molecular formula is C33H28IrN4-2. The fourth-order valence-corrected chi connectivity index (χ4v) is 4.00. The molecule has 0 spiro atoms. The van der Waals surface area contributed by atoms with Gasteiger partial charge in [0.25, 0.3) is 0 Å². The molecule has 0 unspecified atom stereocenters. The zero-order valence-electron chi connectivity index (χ0n) is 21.6. The number of rotatable bonds is 3. The number of fused-ring (bicyclic) bond motifs is 1. The second-order valence-corrected chi connectivity index (χ2v) is 9.69. The maximum Gasteiger partial charge on any atom is 0.168 e. The average molecular weight is 673 g/mol. The van der Waals surface area contributed by atoms with E-state index >= 15 is 0 Å². The van der Waals surface area contributed by atoms with Gasteiger partial charge in [0.1, 0.15) is 0 Å². The molecule has 38 heavy (non-hydrogen) atoms. The molecule has 0 fully saturated rings. The van der Waals surface area contributed by atoms with Crippen LogP contribution in [-0.2, 0) is 25.5 Å². The summed E-state index contributed by atoms with van der Waals surface area (Å²) in [5.41, 5.74) is 7.05. The third kappa shape index (κ3) is 6.13. The molecule has 3 aromatic heterocycles. The summed E-state index contributed by atoms with van der Waals surface area (Å²) in [6.07, 6.45) is 3.72. The van der Waals surface area contributed by atoms with Crippen molar-refractivity contribution in [3.63, 3.8) is 0 Å². The molecule has 0 amide bonds. The van der Waals surface area contributed by atoms with Crippen molar-refractivity contribution in [2.45, 2.75) is 26.2 Å². The molecule has 0 atom stereocenters. The zero-order chi connectivity index (χ0) is 25.7. The molecule has 0 N–H and O–H groups in total.